The maximum absolute atomic E-state index is 12.3. The van der Waals surface area contributed by atoms with Crippen molar-refractivity contribution in [1.29, 1.82) is 0 Å². The summed E-state index contributed by atoms with van der Waals surface area (Å²) < 4.78 is 19.1. The van der Waals surface area contributed by atoms with Crippen LogP contribution >= 0.6 is 24.0 Å². The van der Waals surface area contributed by atoms with Crippen LogP contribution in [0.4, 0.5) is 0 Å². The number of esters is 1. The number of rotatable bonds is 6. The zero-order valence-corrected chi connectivity index (χ0v) is 24.5. The summed E-state index contributed by atoms with van der Waals surface area (Å²) in [4.78, 5) is 12.3. The lowest BCUT2D eigenvalue weighted by molar-refractivity contribution is -0.151. The first kappa shape index (κ1) is 27.2. The summed E-state index contributed by atoms with van der Waals surface area (Å²) in [7, 11) is -0.496. The van der Waals surface area contributed by atoms with E-state index in [4.69, 9.17) is 26.1 Å². The third kappa shape index (κ3) is 5.12. The Morgan fingerprint density at radius 2 is 2.00 bits per heavy atom. The number of methoxy groups -OCH3 is 1. The Morgan fingerprint density at radius 3 is 2.58 bits per heavy atom. The minimum atomic E-state index is -1.98. The van der Waals surface area contributed by atoms with Gasteiger partial charge in [-0.05, 0) is 91.9 Å². The van der Waals surface area contributed by atoms with Gasteiger partial charge < -0.3 is 13.9 Å². The van der Waals surface area contributed by atoms with Gasteiger partial charge in [-0.3, -0.25) is 4.79 Å². The van der Waals surface area contributed by atoms with E-state index in [1.807, 2.05) is 6.26 Å². The van der Waals surface area contributed by atoms with Crippen LogP contribution < -0.4 is 0 Å². The molecule has 0 radical (unpaired) electrons. The van der Waals surface area contributed by atoms with Gasteiger partial charge in [0.25, 0.3) is 0 Å². The molecule has 188 valence electrons. The Labute approximate surface area is 212 Å². The zero-order chi connectivity index (χ0) is 24.8. The van der Waals surface area contributed by atoms with E-state index in [9.17, 15) is 4.79 Å². The van der Waals surface area contributed by atoms with Gasteiger partial charge in [-0.25, -0.2) is 0 Å². The molecule has 0 amide bonds. The second kappa shape index (κ2) is 9.59. The zero-order valence-electron chi connectivity index (χ0n) is 21.9. The number of ether oxygens (including phenoxy) is 2. The summed E-state index contributed by atoms with van der Waals surface area (Å²) in [6.45, 7) is 18.4. The minimum Gasteiger partial charge on any atom is -0.475 e. The standard InChI is InChI=1S/C26H44O4S2Si/c1-17-15-26-13-10-21(30-33(8,9)24(2,3)4)25(5,12-11-22(27)28-6)20(26)14-19(18(17)16-26)29-23(31)32-7/h18-21H,1,10-16H2,2-9H3/t18-,19-,20+,21+,25+,26-/m1/s1. The molecule has 3 rings (SSSR count). The third-order valence-corrected chi connectivity index (χ3v) is 15.1. The van der Waals surface area contributed by atoms with E-state index < -0.39 is 8.32 Å². The Bertz CT molecular complexity index is 792. The highest BCUT2D eigenvalue weighted by Crippen LogP contribution is 2.68. The predicted molar refractivity (Wildman–Crippen MR) is 144 cm³/mol. The Kier molecular flexibility index (Phi) is 7.91. The maximum atomic E-state index is 12.3. The van der Waals surface area contributed by atoms with E-state index >= 15 is 0 Å². The van der Waals surface area contributed by atoms with Crippen molar-refractivity contribution in [2.24, 2.45) is 22.7 Å². The molecule has 3 saturated carbocycles. The smallest absolute Gasteiger partial charge is 0.305 e. The predicted octanol–water partition coefficient (Wildman–Crippen LogP) is 7.14. The van der Waals surface area contributed by atoms with E-state index in [1.54, 1.807) is 0 Å². The van der Waals surface area contributed by atoms with E-state index in [0.29, 0.717) is 22.6 Å². The topological polar surface area (TPSA) is 44.8 Å². The number of thiocarbonyl (C=S) groups is 1. The quantitative estimate of drug-likeness (QED) is 0.163. The molecular formula is C26H44O4S2Si. The lowest BCUT2D eigenvalue weighted by Gasteiger charge is -2.60. The molecule has 6 atom stereocenters. The molecule has 4 nitrogen and oxygen atoms in total. The maximum Gasteiger partial charge on any atom is 0.305 e. The van der Waals surface area contributed by atoms with Crippen molar-refractivity contribution < 1.29 is 18.7 Å². The number of fused-ring (bicyclic) bond motifs is 1. The van der Waals surface area contributed by atoms with E-state index in [0.717, 1.165) is 32.1 Å². The molecule has 0 aromatic rings. The van der Waals surface area contributed by atoms with E-state index in [2.05, 4.69) is 47.4 Å². The van der Waals surface area contributed by atoms with Gasteiger partial charge in [0, 0.05) is 12.3 Å². The number of hydrogen-bond acceptors (Lipinski definition) is 6. The molecule has 3 fully saturated rings. The van der Waals surface area contributed by atoms with Gasteiger partial charge >= 0.3 is 5.97 Å². The number of carbonyl (C=O) groups is 1. The molecule has 33 heavy (non-hydrogen) atoms. The summed E-state index contributed by atoms with van der Waals surface area (Å²) in [5.41, 5.74) is 1.44. The van der Waals surface area contributed by atoms with Crippen LogP contribution in [-0.2, 0) is 18.7 Å². The molecule has 3 aliphatic rings. The van der Waals surface area contributed by atoms with Crippen molar-refractivity contribution in [2.45, 2.75) is 103 Å². The highest BCUT2D eigenvalue weighted by Gasteiger charge is 2.64. The second-order valence-electron chi connectivity index (χ2n) is 12.4. The van der Waals surface area contributed by atoms with Crippen molar-refractivity contribution in [2.75, 3.05) is 13.4 Å². The second-order valence-corrected chi connectivity index (χ2v) is 18.6. The van der Waals surface area contributed by atoms with Crippen molar-refractivity contribution in [3.05, 3.63) is 12.2 Å². The molecule has 0 unspecified atom stereocenters. The number of thioether (sulfide) groups is 1. The van der Waals surface area contributed by atoms with Gasteiger partial charge in [0.15, 0.2) is 8.32 Å². The van der Waals surface area contributed by atoms with Gasteiger partial charge in [-0.15, -0.1) is 0 Å². The number of carbonyl (C=O) groups excluding carboxylic acids is 1. The van der Waals surface area contributed by atoms with Crippen LogP contribution in [0, 0.1) is 22.7 Å². The fraction of sp³-hybridized carbons (Fsp3) is 0.846. The average Bonchev–Trinajstić information content (AvgIpc) is 3.01. The van der Waals surface area contributed by atoms with E-state index in [1.165, 1.54) is 30.9 Å². The van der Waals surface area contributed by atoms with Gasteiger partial charge in [-0.1, -0.05) is 51.6 Å². The van der Waals surface area contributed by atoms with Crippen LogP contribution in [0.25, 0.3) is 0 Å². The summed E-state index contributed by atoms with van der Waals surface area (Å²) in [5.74, 6) is 0.653. The highest BCUT2D eigenvalue weighted by molar-refractivity contribution is 8.22. The van der Waals surface area contributed by atoms with Crippen molar-refractivity contribution in [3.8, 4) is 0 Å². The van der Waals surface area contributed by atoms with Crippen LogP contribution in [0.5, 0.6) is 0 Å². The first-order chi connectivity index (χ1) is 15.2. The molecule has 3 aliphatic carbocycles. The van der Waals surface area contributed by atoms with Crippen molar-refractivity contribution in [3.63, 3.8) is 0 Å². The van der Waals surface area contributed by atoms with Crippen molar-refractivity contribution in [1.82, 2.24) is 0 Å². The summed E-state index contributed by atoms with van der Waals surface area (Å²) in [5, 5.41) is 0.140. The third-order valence-electron chi connectivity index (χ3n) is 9.57. The number of hydrogen-bond donors (Lipinski definition) is 0. The molecule has 0 aliphatic heterocycles. The summed E-state index contributed by atoms with van der Waals surface area (Å²) >= 11 is 6.96. The highest BCUT2D eigenvalue weighted by atomic mass is 32.2. The normalized spacial score (nSPS) is 36.3. The van der Waals surface area contributed by atoms with Crippen LogP contribution in [0.3, 0.4) is 0 Å². The minimum absolute atomic E-state index is 0.0714. The largest absolute Gasteiger partial charge is 0.475 e. The molecular weight excluding hydrogens is 469 g/mol. The SMILES string of the molecule is C=C1C[C@@]23CC[C@H](O[Si](C)(C)C(C)(C)C)[C@@](C)(CCC(=O)OC)[C@@H]2C[C@@H](OC(=S)SC)[C@@H]1C3. The molecule has 0 aromatic carbocycles. The van der Waals surface area contributed by atoms with Gasteiger partial charge in [-0.2, -0.15) is 0 Å². The fourth-order valence-corrected chi connectivity index (χ4v) is 8.48. The van der Waals surface area contributed by atoms with Crippen LogP contribution in [0.1, 0.15) is 72.6 Å². The Hall–Kier alpha value is -0.373. The van der Waals surface area contributed by atoms with Crippen LogP contribution in [0.15, 0.2) is 12.2 Å². The monoisotopic (exact) mass is 512 g/mol. The Balaban J connectivity index is 1.98. The fourth-order valence-electron chi connectivity index (χ4n) is 6.69. The molecule has 0 N–H and O–H groups in total. The van der Waals surface area contributed by atoms with Gasteiger partial charge in [0.1, 0.15) is 6.10 Å². The van der Waals surface area contributed by atoms with Crippen LogP contribution in [0.2, 0.25) is 18.1 Å². The summed E-state index contributed by atoms with van der Waals surface area (Å²) in [6, 6.07) is 0. The van der Waals surface area contributed by atoms with Crippen molar-refractivity contribution >= 4 is 42.6 Å². The van der Waals surface area contributed by atoms with Crippen LogP contribution in [-0.4, -0.2) is 44.2 Å². The lowest BCUT2D eigenvalue weighted by Crippen LogP contribution is -2.58. The molecule has 1 spiro atoms. The van der Waals surface area contributed by atoms with E-state index in [-0.39, 0.29) is 34.0 Å². The van der Waals surface area contributed by atoms with Gasteiger partial charge in [0.2, 0.25) is 4.38 Å². The molecule has 0 saturated heterocycles. The molecule has 2 bridgehead atoms. The lowest BCUT2D eigenvalue weighted by atomic mass is 9.49. The first-order valence-corrected chi connectivity index (χ1v) is 16.9. The van der Waals surface area contributed by atoms with Gasteiger partial charge in [0.05, 0.1) is 13.2 Å². The molecule has 0 aromatic heterocycles. The Morgan fingerprint density at radius 1 is 1.33 bits per heavy atom. The summed E-state index contributed by atoms with van der Waals surface area (Å²) in [6.07, 6.45) is 8.75. The molecule has 7 heteroatoms. The first-order valence-electron chi connectivity index (χ1n) is 12.4. The average molecular weight is 513 g/mol. The molecule has 0 heterocycles.